The van der Waals surface area contributed by atoms with Gasteiger partial charge in [-0.15, -0.1) is 0 Å². The molecule has 0 unspecified atom stereocenters. The Labute approximate surface area is 141 Å². The zero-order valence-electron chi connectivity index (χ0n) is 14.0. The Kier molecular flexibility index (Phi) is 5.15. The van der Waals surface area contributed by atoms with E-state index in [0.717, 1.165) is 19.5 Å². The van der Waals surface area contributed by atoms with Crippen LogP contribution in [0.1, 0.15) is 19.3 Å². The third-order valence-corrected chi connectivity index (χ3v) is 4.72. The SMILES string of the molecule is CN1C[C@@H](CC(=O)Nc2cnn(CCN3CCCC3=O)c2)[C@H](O)C1. The number of nitrogens with one attached hydrogen (secondary N) is 1. The summed E-state index contributed by atoms with van der Waals surface area (Å²) in [4.78, 5) is 27.6. The van der Waals surface area contributed by atoms with Crippen molar-refractivity contribution in [3.8, 4) is 0 Å². The van der Waals surface area contributed by atoms with Crippen LogP contribution in [0.5, 0.6) is 0 Å². The molecule has 3 heterocycles. The second-order valence-corrected chi connectivity index (χ2v) is 6.78. The van der Waals surface area contributed by atoms with Crippen LogP contribution in [0.15, 0.2) is 12.4 Å². The highest BCUT2D eigenvalue weighted by atomic mass is 16.3. The summed E-state index contributed by atoms with van der Waals surface area (Å²) in [5.74, 6) is 0.0746. The molecular formula is C16H25N5O3. The number of carbonyl (C=O) groups excluding carboxylic acids is 2. The minimum atomic E-state index is -0.443. The molecule has 0 saturated carbocycles. The predicted octanol–water partition coefficient (Wildman–Crippen LogP) is -0.243. The third-order valence-electron chi connectivity index (χ3n) is 4.72. The molecule has 2 fully saturated rings. The van der Waals surface area contributed by atoms with Crippen LogP contribution in [-0.4, -0.2) is 75.8 Å². The molecule has 132 valence electrons. The molecule has 0 bridgehead atoms. The zero-order chi connectivity index (χ0) is 17.1. The summed E-state index contributed by atoms with van der Waals surface area (Å²) in [6.07, 6.45) is 4.82. The van der Waals surface area contributed by atoms with Gasteiger partial charge < -0.3 is 20.2 Å². The van der Waals surface area contributed by atoms with Crippen LogP contribution in [0.25, 0.3) is 0 Å². The summed E-state index contributed by atoms with van der Waals surface area (Å²) < 4.78 is 1.74. The van der Waals surface area contributed by atoms with Gasteiger partial charge in [-0.1, -0.05) is 0 Å². The summed E-state index contributed by atoms with van der Waals surface area (Å²) in [5, 5.41) is 17.0. The van der Waals surface area contributed by atoms with Gasteiger partial charge in [-0.05, 0) is 13.5 Å². The van der Waals surface area contributed by atoms with Gasteiger partial charge in [0.05, 0.1) is 24.5 Å². The van der Waals surface area contributed by atoms with E-state index in [4.69, 9.17) is 0 Å². The van der Waals surface area contributed by atoms with Crippen LogP contribution in [0.4, 0.5) is 5.69 Å². The van der Waals surface area contributed by atoms with Gasteiger partial charge in [0.25, 0.3) is 0 Å². The van der Waals surface area contributed by atoms with Gasteiger partial charge in [0.2, 0.25) is 11.8 Å². The Balaban J connectivity index is 1.45. The third kappa shape index (κ3) is 4.12. The summed E-state index contributed by atoms with van der Waals surface area (Å²) in [6, 6.07) is 0. The van der Waals surface area contributed by atoms with Gasteiger partial charge in [0.1, 0.15) is 0 Å². The summed E-state index contributed by atoms with van der Waals surface area (Å²) >= 11 is 0. The molecule has 2 amide bonds. The Morgan fingerprint density at radius 2 is 2.25 bits per heavy atom. The molecule has 2 saturated heterocycles. The largest absolute Gasteiger partial charge is 0.391 e. The first-order chi connectivity index (χ1) is 11.5. The number of likely N-dealkylation sites (tertiary alicyclic amines) is 2. The smallest absolute Gasteiger partial charge is 0.224 e. The number of hydrogen-bond donors (Lipinski definition) is 2. The van der Waals surface area contributed by atoms with Crippen molar-refractivity contribution < 1.29 is 14.7 Å². The highest BCUT2D eigenvalue weighted by molar-refractivity contribution is 5.90. The van der Waals surface area contributed by atoms with E-state index in [1.54, 1.807) is 17.1 Å². The van der Waals surface area contributed by atoms with Gasteiger partial charge >= 0.3 is 0 Å². The van der Waals surface area contributed by atoms with Gasteiger partial charge in [-0.3, -0.25) is 14.3 Å². The van der Waals surface area contributed by atoms with Crippen molar-refractivity contribution in [1.29, 1.82) is 0 Å². The number of hydrogen-bond acceptors (Lipinski definition) is 5. The Morgan fingerprint density at radius 1 is 1.42 bits per heavy atom. The molecule has 1 aromatic rings. The van der Waals surface area contributed by atoms with Crippen molar-refractivity contribution in [2.75, 3.05) is 38.5 Å². The second-order valence-electron chi connectivity index (χ2n) is 6.78. The normalized spacial score (nSPS) is 24.8. The average molecular weight is 335 g/mol. The molecule has 0 radical (unpaired) electrons. The fraction of sp³-hybridized carbons (Fsp3) is 0.688. The number of amides is 2. The van der Waals surface area contributed by atoms with Gasteiger partial charge in [0, 0.05) is 51.1 Å². The van der Waals surface area contributed by atoms with Gasteiger partial charge in [-0.25, -0.2) is 0 Å². The maximum absolute atomic E-state index is 12.1. The van der Waals surface area contributed by atoms with Crippen LogP contribution in [0.2, 0.25) is 0 Å². The number of aliphatic hydroxyl groups is 1. The molecule has 0 spiro atoms. The van der Waals surface area contributed by atoms with Crippen molar-refractivity contribution >= 4 is 17.5 Å². The Morgan fingerprint density at radius 3 is 2.92 bits per heavy atom. The molecule has 8 nitrogen and oxygen atoms in total. The summed E-state index contributed by atoms with van der Waals surface area (Å²) in [7, 11) is 1.94. The molecular weight excluding hydrogens is 310 g/mol. The molecule has 8 heteroatoms. The quantitative estimate of drug-likeness (QED) is 0.749. The maximum atomic E-state index is 12.1. The van der Waals surface area contributed by atoms with E-state index < -0.39 is 6.10 Å². The number of carbonyl (C=O) groups is 2. The molecule has 2 N–H and O–H groups in total. The van der Waals surface area contributed by atoms with Crippen molar-refractivity contribution in [1.82, 2.24) is 19.6 Å². The summed E-state index contributed by atoms with van der Waals surface area (Å²) in [5.41, 5.74) is 0.647. The molecule has 1 aromatic heterocycles. The van der Waals surface area contributed by atoms with Gasteiger partial charge in [0.15, 0.2) is 0 Å². The first-order valence-corrected chi connectivity index (χ1v) is 8.48. The first-order valence-electron chi connectivity index (χ1n) is 8.48. The zero-order valence-corrected chi connectivity index (χ0v) is 14.0. The molecule has 0 aliphatic carbocycles. The minimum absolute atomic E-state index is 0.0220. The van der Waals surface area contributed by atoms with E-state index in [0.29, 0.717) is 38.2 Å². The van der Waals surface area contributed by atoms with Crippen molar-refractivity contribution in [3.63, 3.8) is 0 Å². The monoisotopic (exact) mass is 335 g/mol. The van der Waals surface area contributed by atoms with Crippen LogP contribution in [-0.2, 0) is 16.1 Å². The van der Waals surface area contributed by atoms with Crippen LogP contribution in [0, 0.1) is 5.92 Å². The molecule has 0 aromatic carbocycles. The minimum Gasteiger partial charge on any atom is -0.391 e. The molecule has 3 rings (SSSR count). The number of β-amino-alcohol motifs (C(OH)–C–C–N with tert-alkyl or cyclic N) is 1. The topological polar surface area (TPSA) is 90.7 Å². The van der Waals surface area contributed by atoms with E-state index in [2.05, 4.69) is 10.4 Å². The highest BCUT2D eigenvalue weighted by Gasteiger charge is 2.30. The van der Waals surface area contributed by atoms with Crippen LogP contribution in [0.3, 0.4) is 0 Å². The molecule has 2 aliphatic rings. The number of aromatic nitrogens is 2. The van der Waals surface area contributed by atoms with Crippen LogP contribution < -0.4 is 5.32 Å². The number of nitrogens with zero attached hydrogens (tertiary/aromatic N) is 4. The fourth-order valence-corrected chi connectivity index (χ4v) is 3.43. The molecule has 2 atom stereocenters. The average Bonchev–Trinajstić information content (AvgIpc) is 3.20. The lowest BCUT2D eigenvalue weighted by atomic mass is 10.0. The lowest BCUT2D eigenvalue weighted by Crippen LogP contribution is -2.28. The molecule has 2 aliphatic heterocycles. The van der Waals surface area contributed by atoms with E-state index in [1.807, 2.05) is 16.8 Å². The van der Waals surface area contributed by atoms with Crippen molar-refractivity contribution in [2.45, 2.75) is 31.9 Å². The van der Waals surface area contributed by atoms with E-state index in [-0.39, 0.29) is 17.7 Å². The summed E-state index contributed by atoms with van der Waals surface area (Å²) in [6.45, 7) is 3.44. The lowest BCUT2D eigenvalue weighted by molar-refractivity contribution is -0.127. The number of rotatable bonds is 6. The Bertz CT molecular complexity index is 602. The van der Waals surface area contributed by atoms with E-state index in [1.165, 1.54) is 0 Å². The number of aliphatic hydroxyl groups excluding tert-OH is 1. The van der Waals surface area contributed by atoms with Crippen LogP contribution >= 0.6 is 0 Å². The van der Waals surface area contributed by atoms with Crippen molar-refractivity contribution in [2.24, 2.45) is 5.92 Å². The fourth-order valence-electron chi connectivity index (χ4n) is 3.43. The standard InChI is InChI=1S/C16H25N5O3/c1-19-9-12(14(22)11-19)7-15(23)18-13-8-17-21(10-13)6-5-20-4-2-3-16(20)24/h8,10,12,14,22H,2-7,9,11H2,1H3,(H,18,23)/t12-,14-/m1/s1. The Hall–Kier alpha value is -1.93. The first kappa shape index (κ1) is 16.9. The number of likely N-dealkylation sites (N-methyl/N-ethyl adjacent to an activating group) is 1. The van der Waals surface area contributed by atoms with E-state index >= 15 is 0 Å². The maximum Gasteiger partial charge on any atom is 0.224 e. The molecule has 24 heavy (non-hydrogen) atoms. The second kappa shape index (κ2) is 7.31. The number of anilines is 1. The van der Waals surface area contributed by atoms with Crippen molar-refractivity contribution in [3.05, 3.63) is 12.4 Å². The predicted molar refractivity (Wildman–Crippen MR) is 88.3 cm³/mol. The lowest BCUT2D eigenvalue weighted by Gasteiger charge is -2.14. The van der Waals surface area contributed by atoms with E-state index in [9.17, 15) is 14.7 Å². The highest BCUT2D eigenvalue weighted by Crippen LogP contribution is 2.19. The van der Waals surface area contributed by atoms with Gasteiger partial charge in [-0.2, -0.15) is 5.10 Å².